The summed E-state index contributed by atoms with van der Waals surface area (Å²) >= 11 is 7.91. The number of hydrogen-bond donors (Lipinski definition) is 1. The molecule has 3 rings (SSSR count). The summed E-state index contributed by atoms with van der Waals surface area (Å²) < 4.78 is 0. The second kappa shape index (κ2) is 6.52. The standard InChI is InChI=1S/C16H16ClN3S/c1-11(16-20-7-8-21-16)9-18-10-12-4-5-14(17)13-3-2-6-19-15(12)13/h2-8,11,18H,9-10H2,1H3. The first-order valence-electron chi connectivity index (χ1n) is 6.88. The lowest BCUT2D eigenvalue weighted by Crippen LogP contribution is -2.19. The fraction of sp³-hybridized carbons (Fsp3) is 0.250. The number of nitrogens with zero attached hydrogens (tertiary/aromatic N) is 2. The molecule has 0 fully saturated rings. The molecule has 0 radical (unpaired) electrons. The SMILES string of the molecule is CC(CNCc1ccc(Cl)c2cccnc12)c1nccs1. The quantitative estimate of drug-likeness (QED) is 0.765. The fourth-order valence-electron chi connectivity index (χ4n) is 2.33. The van der Waals surface area contributed by atoms with Crippen molar-refractivity contribution in [3.63, 3.8) is 0 Å². The highest BCUT2D eigenvalue weighted by atomic mass is 35.5. The van der Waals surface area contributed by atoms with Crippen LogP contribution in [0.1, 0.15) is 23.4 Å². The molecule has 0 bridgehead atoms. The van der Waals surface area contributed by atoms with Crippen molar-refractivity contribution in [3.8, 4) is 0 Å². The summed E-state index contributed by atoms with van der Waals surface area (Å²) in [7, 11) is 0. The van der Waals surface area contributed by atoms with Gasteiger partial charge in [0.25, 0.3) is 0 Å². The van der Waals surface area contributed by atoms with Gasteiger partial charge in [0, 0.05) is 47.2 Å². The van der Waals surface area contributed by atoms with Crippen molar-refractivity contribution in [2.45, 2.75) is 19.4 Å². The van der Waals surface area contributed by atoms with Gasteiger partial charge < -0.3 is 5.32 Å². The predicted molar refractivity (Wildman–Crippen MR) is 89.0 cm³/mol. The summed E-state index contributed by atoms with van der Waals surface area (Å²) in [6, 6.07) is 7.90. The number of aromatic nitrogens is 2. The zero-order valence-electron chi connectivity index (χ0n) is 11.7. The third-order valence-electron chi connectivity index (χ3n) is 3.44. The van der Waals surface area contributed by atoms with Crippen LogP contribution in [0.25, 0.3) is 10.9 Å². The van der Waals surface area contributed by atoms with Crippen LogP contribution >= 0.6 is 22.9 Å². The Hall–Kier alpha value is -1.49. The molecule has 5 heteroatoms. The Morgan fingerprint density at radius 2 is 2.14 bits per heavy atom. The molecule has 1 unspecified atom stereocenters. The Balaban J connectivity index is 1.70. The highest BCUT2D eigenvalue weighted by Gasteiger charge is 2.09. The Bertz CT molecular complexity index is 727. The molecular formula is C16H16ClN3S. The number of halogens is 1. The molecule has 0 saturated heterocycles. The second-order valence-corrected chi connectivity index (χ2v) is 6.34. The summed E-state index contributed by atoms with van der Waals surface area (Å²) in [5.41, 5.74) is 2.14. The van der Waals surface area contributed by atoms with E-state index in [9.17, 15) is 0 Å². The van der Waals surface area contributed by atoms with Gasteiger partial charge in [-0.3, -0.25) is 4.98 Å². The van der Waals surface area contributed by atoms with Crippen LogP contribution in [0, 0.1) is 0 Å². The molecule has 0 aliphatic heterocycles. The van der Waals surface area contributed by atoms with E-state index >= 15 is 0 Å². The smallest absolute Gasteiger partial charge is 0.0965 e. The van der Waals surface area contributed by atoms with E-state index in [-0.39, 0.29) is 0 Å². The average molecular weight is 318 g/mol. The van der Waals surface area contributed by atoms with Crippen molar-refractivity contribution in [2.24, 2.45) is 0 Å². The largest absolute Gasteiger partial charge is 0.312 e. The maximum absolute atomic E-state index is 6.21. The Morgan fingerprint density at radius 3 is 2.95 bits per heavy atom. The monoisotopic (exact) mass is 317 g/mol. The third kappa shape index (κ3) is 3.23. The Kier molecular flexibility index (Phi) is 4.48. The van der Waals surface area contributed by atoms with E-state index in [0.717, 1.165) is 29.0 Å². The maximum Gasteiger partial charge on any atom is 0.0965 e. The highest BCUT2D eigenvalue weighted by molar-refractivity contribution is 7.09. The van der Waals surface area contributed by atoms with Crippen LogP contribution in [-0.4, -0.2) is 16.5 Å². The van der Waals surface area contributed by atoms with Crippen molar-refractivity contribution in [1.82, 2.24) is 15.3 Å². The first-order chi connectivity index (χ1) is 10.3. The van der Waals surface area contributed by atoms with E-state index in [0.29, 0.717) is 5.92 Å². The number of nitrogens with one attached hydrogen (secondary N) is 1. The molecule has 1 aromatic carbocycles. The average Bonchev–Trinajstić information content (AvgIpc) is 3.04. The molecule has 3 aromatic rings. The van der Waals surface area contributed by atoms with Gasteiger partial charge >= 0.3 is 0 Å². The molecule has 3 nitrogen and oxygen atoms in total. The Labute approximate surface area is 133 Å². The van der Waals surface area contributed by atoms with Gasteiger partial charge in [-0.05, 0) is 23.8 Å². The molecule has 0 aliphatic carbocycles. The summed E-state index contributed by atoms with van der Waals surface area (Å²) in [6.07, 6.45) is 3.66. The van der Waals surface area contributed by atoms with Gasteiger partial charge in [0.2, 0.25) is 0 Å². The van der Waals surface area contributed by atoms with Crippen LogP contribution in [0.2, 0.25) is 5.02 Å². The van der Waals surface area contributed by atoms with Crippen molar-refractivity contribution in [2.75, 3.05) is 6.54 Å². The molecule has 0 amide bonds. The highest BCUT2D eigenvalue weighted by Crippen LogP contribution is 2.24. The zero-order valence-corrected chi connectivity index (χ0v) is 13.3. The zero-order chi connectivity index (χ0) is 14.7. The molecule has 2 heterocycles. The minimum Gasteiger partial charge on any atom is -0.312 e. The van der Waals surface area contributed by atoms with Gasteiger partial charge in [0.1, 0.15) is 0 Å². The van der Waals surface area contributed by atoms with Gasteiger partial charge in [-0.15, -0.1) is 11.3 Å². The second-order valence-electron chi connectivity index (χ2n) is 5.01. The topological polar surface area (TPSA) is 37.8 Å². The number of pyridine rings is 1. The lowest BCUT2D eigenvalue weighted by molar-refractivity contribution is 0.614. The van der Waals surface area contributed by atoms with Crippen LogP contribution in [0.4, 0.5) is 0 Å². The summed E-state index contributed by atoms with van der Waals surface area (Å²) in [5.74, 6) is 0.413. The van der Waals surface area contributed by atoms with Crippen LogP contribution in [0.3, 0.4) is 0 Å². The van der Waals surface area contributed by atoms with E-state index in [2.05, 4.69) is 22.2 Å². The van der Waals surface area contributed by atoms with Gasteiger partial charge in [-0.1, -0.05) is 24.6 Å². The van der Waals surface area contributed by atoms with E-state index in [4.69, 9.17) is 11.6 Å². The molecule has 2 aromatic heterocycles. The van der Waals surface area contributed by atoms with Gasteiger partial charge in [-0.25, -0.2) is 4.98 Å². The molecule has 0 saturated carbocycles. The van der Waals surface area contributed by atoms with Crippen molar-refractivity contribution in [3.05, 3.63) is 57.6 Å². The van der Waals surface area contributed by atoms with E-state index < -0.39 is 0 Å². The molecule has 108 valence electrons. The number of benzene rings is 1. The summed E-state index contributed by atoms with van der Waals surface area (Å²) in [6.45, 7) is 3.86. The summed E-state index contributed by atoms with van der Waals surface area (Å²) in [4.78, 5) is 8.81. The number of thiazole rings is 1. The van der Waals surface area contributed by atoms with Crippen molar-refractivity contribution in [1.29, 1.82) is 0 Å². The minimum absolute atomic E-state index is 0.413. The van der Waals surface area contributed by atoms with Crippen LogP contribution < -0.4 is 5.32 Å². The lowest BCUT2D eigenvalue weighted by atomic mass is 10.1. The lowest BCUT2D eigenvalue weighted by Gasteiger charge is -2.11. The number of rotatable bonds is 5. The molecular weight excluding hydrogens is 302 g/mol. The van der Waals surface area contributed by atoms with Gasteiger partial charge in [-0.2, -0.15) is 0 Å². The number of fused-ring (bicyclic) bond motifs is 1. The molecule has 1 atom stereocenters. The Morgan fingerprint density at radius 1 is 1.24 bits per heavy atom. The van der Waals surface area contributed by atoms with Crippen LogP contribution in [-0.2, 0) is 6.54 Å². The van der Waals surface area contributed by atoms with Crippen LogP contribution in [0.15, 0.2) is 42.0 Å². The number of hydrogen-bond acceptors (Lipinski definition) is 4. The summed E-state index contributed by atoms with van der Waals surface area (Å²) in [5, 5.41) is 8.42. The first kappa shape index (κ1) is 14.4. The first-order valence-corrected chi connectivity index (χ1v) is 8.13. The van der Waals surface area contributed by atoms with E-state index in [1.807, 2.05) is 35.8 Å². The third-order valence-corrected chi connectivity index (χ3v) is 4.78. The molecule has 21 heavy (non-hydrogen) atoms. The molecule has 0 aliphatic rings. The van der Waals surface area contributed by atoms with Gasteiger partial charge in [0.15, 0.2) is 0 Å². The van der Waals surface area contributed by atoms with E-state index in [1.165, 1.54) is 10.6 Å². The van der Waals surface area contributed by atoms with Gasteiger partial charge in [0.05, 0.1) is 10.5 Å². The molecule has 1 N–H and O–H groups in total. The van der Waals surface area contributed by atoms with Crippen molar-refractivity contribution < 1.29 is 0 Å². The van der Waals surface area contributed by atoms with Crippen LogP contribution in [0.5, 0.6) is 0 Å². The maximum atomic E-state index is 6.21. The fourth-order valence-corrected chi connectivity index (χ4v) is 3.24. The molecule has 0 spiro atoms. The van der Waals surface area contributed by atoms with Crippen molar-refractivity contribution >= 4 is 33.8 Å². The minimum atomic E-state index is 0.413. The normalized spacial score (nSPS) is 12.7. The predicted octanol–water partition coefficient (Wildman–Crippen LogP) is 4.24. The van der Waals surface area contributed by atoms with E-state index in [1.54, 1.807) is 17.5 Å².